The number of ether oxygens (including phenoxy) is 1. The zero-order valence-electron chi connectivity index (χ0n) is 22.5. The number of hydrogen-bond donors (Lipinski definition) is 2. The van der Waals surface area contributed by atoms with Gasteiger partial charge in [-0.15, -0.1) is 0 Å². The van der Waals surface area contributed by atoms with Gasteiger partial charge < -0.3 is 9.64 Å². The molecular formula is C28H35N3O6S2. The standard InChI is InChI=1S/C28H35N3O6S2/c1-5-31(6-2)25-16-17-26(23(20-25)18-19-38(3,33)34)29-28(32)37-27(21-10-8-7-9-11-21)22-12-14-24(15-13-22)30-39(4,35)36/h7-17,20,27,30H,5-6,18-19H2,1-4H3,(H,29,32). The number of hydrogen-bond acceptors (Lipinski definition) is 7. The number of sulfone groups is 1. The van der Waals surface area contributed by atoms with E-state index in [1.54, 1.807) is 30.3 Å². The average Bonchev–Trinajstić information content (AvgIpc) is 2.87. The highest BCUT2D eigenvalue weighted by Gasteiger charge is 2.21. The van der Waals surface area contributed by atoms with E-state index in [0.29, 0.717) is 22.5 Å². The minimum absolute atomic E-state index is 0.0566. The fraction of sp³-hybridized carbons (Fsp3) is 0.321. The molecular weight excluding hydrogens is 538 g/mol. The molecule has 3 aromatic carbocycles. The monoisotopic (exact) mass is 573 g/mol. The summed E-state index contributed by atoms with van der Waals surface area (Å²) in [5.41, 5.74) is 3.86. The first-order valence-electron chi connectivity index (χ1n) is 12.5. The third-order valence-corrected chi connectivity index (χ3v) is 7.59. The Labute approximate surface area is 231 Å². The Kier molecular flexibility index (Phi) is 9.98. The van der Waals surface area contributed by atoms with E-state index in [2.05, 4.69) is 14.9 Å². The van der Waals surface area contributed by atoms with E-state index in [1.165, 1.54) is 6.26 Å². The largest absolute Gasteiger partial charge is 0.436 e. The van der Waals surface area contributed by atoms with Crippen molar-refractivity contribution >= 4 is 43.0 Å². The fourth-order valence-electron chi connectivity index (χ4n) is 4.13. The van der Waals surface area contributed by atoms with Crippen molar-refractivity contribution in [1.29, 1.82) is 0 Å². The summed E-state index contributed by atoms with van der Waals surface area (Å²) >= 11 is 0. The van der Waals surface area contributed by atoms with Crippen molar-refractivity contribution in [2.75, 3.05) is 46.3 Å². The molecule has 0 fully saturated rings. The van der Waals surface area contributed by atoms with Crippen molar-refractivity contribution in [2.24, 2.45) is 0 Å². The smallest absolute Gasteiger partial charge is 0.412 e. The molecule has 0 heterocycles. The van der Waals surface area contributed by atoms with Crippen LogP contribution in [-0.2, 0) is 31.0 Å². The number of sulfonamides is 1. The Morgan fingerprint density at radius 3 is 2.05 bits per heavy atom. The summed E-state index contributed by atoms with van der Waals surface area (Å²) < 4.78 is 55.1. The third-order valence-electron chi connectivity index (χ3n) is 6.04. The molecule has 3 aromatic rings. The minimum atomic E-state index is -3.43. The molecule has 210 valence electrons. The van der Waals surface area contributed by atoms with E-state index in [0.717, 1.165) is 30.6 Å². The fourth-order valence-corrected chi connectivity index (χ4v) is 5.29. The molecule has 0 radical (unpaired) electrons. The maximum atomic E-state index is 13.2. The molecule has 0 saturated heterocycles. The van der Waals surface area contributed by atoms with Crippen molar-refractivity contribution in [1.82, 2.24) is 0 Å². The predicted octanol–water partition coefficient (Wildman–Crippen LogP) is 4.83. The molecule has 0 aliphatic carbocycles. The van der Waals surface area contributed by atoms with Crippen molar-refractivity contribution in [3.8, 4) is 0 Å². The van der Waals surface area contributed by atoms with Gasteiger partial charge in [-0.1, -0.05) is 42.5 Å². The molecule has 2 N–H and O–H groups in total. The molecule has 9 nitrogen and oxygen atoms in total. The molecule has 3 rings (SSSR count). The van der Waals surface area contributed by atoms with Gasteiger partial charge in [0.05, 0.1) is 12.0 Å². The molecule has 0 bridgehead atoms. The van der Waals surface area contributed by atoms with Crippen LogP contribution in [0, 0.1) is 0 Å². The highest BCUT2D eigenvalue weighted by molar-refractivity contribution is 7.92. The van der Waals surface area contributed by atoms with E-state index >= 15 is 0 Å². The van der Waals surface area contributed by atoms with Crippen LogP contribution in [0.25, 0.3) is 0 Å². The molecule has 39 heavy (non-hydrogen) atoms. The van der Waals surface area contributed by atoms with Crippen LogP contribution in [0.5, 0.6) is 0 Å². The molecule has 1 amide bonds. The van der Waals surface area contributed by atoms with Crippen molar-refractivity contribution in [2.45, 2.75) is 26.4 Å². The van der Waals surface area contributed by atoms with Crippen LogP contribution in [0.2, 0.25) is 0 Å². The molecule has 0 aliphatic heterocycles. The zero-order chi connectivity index (χ0) is 28.6. The van der Waals surface area contributed by atoms with Gasteiger partial charge in [-0.05, 0) is 67.3 Å². The van der Waals surface area contributed by atoms with Gasteiger partial charge in [0.15, 0.2) is 6.10 Å². The molecule has 0 aromatic heterocycles. The Morgan fingerprint density at radius 1 is 0.872 bits per heavy atom. The summed E-state index contributed by atoms with van der Waals surface area (Å²) in [6, 6.07) is 21.3. The number of rotatable bonds is 12. The third kappa shape index (κ3) is 9.29. The number of carbonyl (C=O) groups excluding carboxylic acids is 1. The lowest BCUT2D eigenvalue weighted by molar-refractivity contribution is 0.131. The SMILES string of the molecule is CCN(CC)c1ccc(NC(=O)OC(c2ccccc2)c2ccc(NS(C)(=O)=O)cc2)c(CCS(C)(=O)=O)c1. The Balaban J connectivity index is 1.88. The van der Waals surface area contributed by atoms with E-state index in [4.69, 9.17) is 4.74 Å². The van der Waals surface area contributed by atoms with Crippen molar-refractivity contribution < 1.29 is 26.4 Å². The molecule has 11 heteroatoms. The van der Waals surface area contributed by atoms with Crippen LogP contribution >= 0.6 is 0 Å². The first-order chi connectivity index (χ1) is 18.4. The Hall–Kier alpha value is -3.57. The van der Waals surface area contributed by atoms with E-state index in [-0.39, 0.29) is 12.2 Å². The van der Waals surface area contributed by atoms with Crippen LogP contribution < -0.4 is 14.9 Å². The maximum Gasteiger partial charge on any atom is 0.412 e. The van der Waals surface area contributed by atoms with Gasteiger partial charge in [0.2, 0.25) is 10.0 Å². The molecule has 0 saturated carbocycles. The molecule has 1 atom stereocenters. The minimum Gasteiger partial charge on any atom is -0.436 e. The molecule has 0 aliphatic rings. The second-order valence-corrected chi connectivity index (χ2v) is 13.2. The number of anilines is 3. The second kappa shape index (κ2) is 13.0. The summed E-state index contributed by atoms with van der Waals surface area (Å²) in [5, 5.41) is 2.80. The van der Waals surface area contributed by atoms with Crippen LogP contribution in [0.4, 0.5) is 21.9 Å². The average molecular weight is 574 g/mol. The summed E-state index contributed by atoms with van der Waals surface area (Å²) in [4.78, 5) is 15.3. The van der Waals surface area contributed by atoms with Crippen LogP contribution in [0.1, 0.15) is 36.6 Å². The number of carbonyl (C=O) groups is 1. The number of nitrogens with zero attached hydrogens (tertiary/aromatic N) is 1. The van der Waals surface area contributed by atoms with Crippen LogP contribution in [0.15, 0.2) is 72.8 Å². The maximum absolute atomic E-state index is 13.2. The quantitative estimate of drug-likeness (QED) is 0.318. The van der Waals surface area contributed by atoms with Gasteiger partial charge in [0.1, 0.15) is 9.84 Å². The van der Waals surface area contributed by atoms with E-state index in [1.807, 2.05) is 56.3 Å². The first kappa shape index (κ1) is 30.0. The van der Waals surface area contributed by atoms with Gasteiger partial charge in [-0.2, -0.15) is 0 Å². The van der Waals surface area contributed by atoms with Crippen LogP contribution in [-0.4, -0.2) is 54.3 Å². The summed E-state index contributed by atoms with van der Waals surface area (Å²) in [6.45, 7) is 5.65. The summed E-state index contributed by atoms with van der Waals surface area (Å²) in [6.07, 6.45) is 1.01. The second-order valence-electron chi connectivity index (χ2n) is 9.21. The normalized spacial score (nSPS) is 12.4. The first-order valence-corrected chi connectivity index (χ1v) is 16.5. The lowest BCUT2D eigenvalue weighted by atomic mass is 10.0. The number of amides is 1. The van der Waals surface area contributed by atoms with Gasteiger partial charge in [-0.25, -0.2) is 21.6 Å². The zero-order valence-corrected chi connectivity index (χ0v) is 24.2. The number of aryl methyl sites for hydroxylation is 1. The van der Waals surface area contributed by atoms with Crippen molar-refractivity contribution in [3.05, 3.63) is 89.5 Å². The van der Waals surface area contributed by atoms with Gasteiger partial charge in [-0.3, -0.25) is 10.0 Å². The van der Waals surface area contributed by atoms with Gasteiger partial charge in [0.25, 0.3) is 0 Å². The molecule has 1 unspecified atom stereocenters. The number of benzene rings is 3. The van der Waals surface area contributed by atoms with Gasteiger partial charge in [0, 0.05) is 36.4 Å². The Morgan fingerprint density at radius 2 is 1.49 bits per heavy atom. The highest BCUT2D eigenvalue weighted by atomic mass is 32.2. The van der Waals surface area contributed by atoms with Gasteiger partial charge >= 0.3 is 6.09 Å². The molecule has 0 spiro atoms. The highest BCUT2D eigenvalue weighted by Crippen LogP contribution is 2.29. The lowest BCUT2D eigenvalue weighted by Gasteiger charge is -2.23. The van der Waals surface area contributed by atoms with Crippen LogP contribution in [0.3, 0.4) is 0 Å². The predicted molar refractivity (Wildman–Crippen MR) is 157 cm³/mol. The van der Waals surface area contributed by atoms with E-state index < -0.39 is 32.1 Å². The lowest BCUT2D eigenvalue weighted by Crippen LogP contribution is -2.23. The summed E-state index contributed by atoms with van der Waals surface area (Å²) in [7, 11) is -6.65. The Bertz CT molecular complexity index is 1470. The summed E-state index contributed by atoms with van der Waals surface area (Å²) in [5.74, 6) is -0.0566. The number of nitrogens with one attached hydrogen (secondary N) is 2. The van der Waals surface area contributed by atoms with Crippen molar-refractivity contribution in [3.63, 3.8) is 0 Å². The topological polar surface area (TPSA) is 122 Å². The van der Waals surface area contributed by atoms with E-state index in [9.17, 15) is 21.6 Å².